The Balaban J connectivity index is 1.52. The predicted octanol–water partition coefficient (Wildman–Crippen LogP) is 3.04. The van der Waals surface area contributed by atoms with Crippen molar-refractivity contribution in [2.75, 3.05) is 6.54 Å². The molecular formula is C18H16N2O4S2. The van der Waals surface area contributed by atoms with Gasteiger partial charge in [-0.15, -0.1) is 0 Å². The molecule has 2 aromatic rings. The number of ether oxygens (including phenoxy) is 1. The molecule has 2 aromatic carbocycles. The number of nitrogens with one attached hydrogen (secondary N) is 1. The van der Waals surface area contributed by atoms with Crippen LogP contribution in [0.15, 0.2) is 48.5 Å². The summed E-state index contributed by atoms with van der Waals surface area (Å²) in [5.74, 6) is -1.41. The van der Waals surface area contributed by atoms with Crippen molar-refractivity contribution in [2.24, 2.45) is 0 Å². The Hall–Kier alpha value is -2.42. The van der Waals surface area contributed by atoms with Gasteiger partial charge in [0, 0.05) is 18.7 Å². The average molecular weight is 388 g/mol. The number of thiocarbonyl (C=S) groups is 1. The second-order valence-electron chi connectivity index (χ2n) is 5.69. The van der Waals surface area contributed by atoms with Gasteiger partial charge >= 0.3 is 11.9 Å². The van der Waals surface area contributed by atoms with Crippen molar-refractivity contribution < 1.29 is 19.4 Å². The highest BCUT2D eigenvalue weighted by atomic mass is 32.2. The number of hydrogen-bond donors (Lipinski definition) is 2. The van der Waals surface area contributed by atoms with Crippen LogP contribution in [0.4, 0.5) is 0 Å². The first kappa shape index (κ1) is 18.4. The molecule has 6 nitrogen and oxygen atoms in total. The highest BCUT2D eigenvalue weighted by Crippen LogP contribution is 2.18. The lowest BCUT2D eigenvalue weighted by molar-refractivity contribution is 0.0472. The minimum atomic E-state index is -0.987. The third-order valence-corrected chi connectivity index (χ3v) is 4.94. The summed E-state index contributed by atoms with van der Waals surface area (Å²) in [4.78, 5) is 23.8. The number of carboxylic acids is 1. The predicted molar refractivity (Wildman–Crippen MR) is 103 cm³/mol. The van der Waals surface area contributed by atoms with Gasteiger partial charge in [0.25, 0.3) is 0 Å². The molecule has 0 radical (unpaired) electrons. The van der Waals surface area contributed by atoms with E-state index in [2.05, 4.69) is 9.03 Å². The van der Waals surface area contributed by atoms with Gasteiger partial charge in [-0.3, -0.25) is 0 Å². The maximum absolute atomic E-state index is 12.1. The number of carboxylic acid groups (broad SMARTS) is 1. The van der Waals surface area contributed by atoms with E-state index in [1.54, 1.807) is 24.3 Å². The van der Waals surface area contributed by atoms with Gasteiger partial charge in [-0.25, -0.2) is 13.9 Å². The molecule has 1 fully saturated rings. The summed E-state index contributed by atoms with van der Waals surface area (Å²) < 4.78 is 10.4. The van der Waals surface area contributed by atoms with Gasteiger partial charge < -0.3 is 14.6 Å². The fraction of sp³-hybridized carbons (Fsp3) is 0.167. The normalized spacial score (nSPS) is 14.1. The number of carbonyl (C=O) groups excluding carboxylic acids is 1. The van der Waals surface area contributed by atoms with Crippen LogP contribution in [0.3, 0.4) is 0 Å². The highest BCUT2D eigenvalue weighted by molar-refractivity contribution is 7.97. The molecule has 3 rings (SSSR count). The number of carbonyl (C=O) groups is 2. The van der Waals surface area contributed by atoms with Gasteiger partial charge in [0.05, 0.1) is 17.7 Å². The van der Waals surface area contributed by atoms with E-state index in [1.165, 1.54) is 24.3 Å². The van der Waals surface area contributed by atoms with Crippen LogP contribution in [0.2, 0.25) is 0 Å². The Morgan fingerprint density at radius 3 is 2.27 bits per heavy atom. The molecule has 1 aliphatic heterocycles. The Kier molecular flexibility index (Phi) is 5.87. The van der Waals surface area contributed by atoms with E-state index in [0.717, 1.165) is 22.7 Å². The van der Waals surface area contributed by atoms with Crippen molar-refractivity contribution in [2.45, 2.75) is 13.2 Å². The highest BCUT2D eigenvalue weighted by Gasteiger charge is 2.17. The summed E-state index contributed by atoms with van der Waals surface area (Å²) >= 11 is 6.57. The van der Waals surface area contributed by atoms with Crippen LogP contribution in [0.25, 0.3) is 0 Å². The largest absolute Gasteiger partial charge is 0.478 e. The van der Waals surface area contributed by atoms with Crippen LogP contribution in [0.1, 0.15) is 31.8 Å². The fourth-order valence-electron chi connectivity index (χ4n) is 2.35. The minimum absolute atomic E-state index is 0.0913. The van der Waals surface area contributed by atoms with Crippen LogP contribution < -0.4 is 4.72 Å². The van der Waals surface area contributed by atoms with Crippen molar-refractivity contribution in [3.8, 4) is 0 Å². The molecule has 0 unspecified atom stereocenters. The maximum Gasteiger partial charge on any atom is 0.338 e. The Morgan fingerprint density at radius 2 is 1.69 bits per heavy atom. The number of aromatic carboxylic acids is 1. The topological polar surface area (TPSA) is 78.9 Å². The van der Waals surface area contributed by atoms with Crippen molar-refractivity contribution in [1.29, 1.82) is 0 Å². The molecule has 8 heteroatoms. The van der Waals surface area contributed by atoms with Crippen molar-refractivity contribution in [1.82, 2.24) is 9.03 Å². The first-order chi connectivity index (χ1) is 12.5. The third-order valence-electron chi connectivity index (χ3n) is 3.73. The molecule has 1 saturated heterocycles. The summed E-state index contributed by atoms with van der Waals surface area (Å²) in [6.07, 6.45) is 0. The van der Waals surface area contributed by atoms with E-state index in [9.17, 15) is 9.59 Å². The van der Waals surface area contributed by atoms with E-state index in [1.807, 2.05) is 12.1 Å². The zero-order valence-corrected chi connectivity index (χ0v) is 15.3. The smallest absolute Gasteiger partial charge is 0.338 e. The second kappa shape index (κ2) is 8.31. The quantitative estimate of drug-likeness (QED) is 0.444. The van der Waals surface area contributed by atoms with Gasteiger partial charge in [-0.2, -0.15) is 0 Å². The van der Waals surface area contributed by atoms with Crippen molar-refractivity contribution in [3.63, 3.8) is 0 Å². The van der Waals surface area contributed by atoms with Gasteiger partial charge in [0.2, 0.25) is 0 Å². The standard InChI is InChI=1S/C18H16N2O4S2/c21-17(22)14-5-3-13(4-6-14)11-24-18(23)15-7-1-12(2-8-15)9-20-10-16(25)19-26-20/h1-8H,9-11H2,(H,19,25)(H,21,22). The summed E-state index contributed by atoms with van der Waals surface area (Å²) in [7, 11) is 0. The lowest BCUT2D eigenvalue weighted by Crippen LogP contribution is -2.14. The third kappa shape index (κ3) is 4.81. The Morgan fingerprint density at radius 1 is 1.08 bits per heavy atom. The van der Waals surface area contributed by atoms with Gasteiger partial charge in [0.1, 0.15) is 11.6 Å². The molecule has 1 heterocycles. The first-order valence-electron chi connectivity index (χ1n) is 7.80. The fourth-order valence-corrected chi connectivity index (χ4v) is 3.41. The van der Waals surface area contributed by atoms with E-state index in [-0.39, 0.29) is 12.2 Å². The molecule has 2 N–H and O–H groups in total. The van der Waals surface area contributed by atoms with Crippen molar-refractivity contribution >= 4 is 41.3 Å². The molecule has 0 spiro atoms. The Bertz CT molecular complexity index is 822. The lowest BCUT2D eigenvalue weighted by Gasteiger charge is -2.11. The molecular weight excluding hydrogens is 372 g/mol. The van der Waals surface area contributed by atoms with Crippen LogP contribution in [0, 0.1) is 0 Å². The van der Waals surface area contributed by atoms with E-state index in [0.29, 0.717) is 12.1 Å². The van der Waals surface area contributed by atoms with E-state index >= 15 is 0 Å². The van der Waals surface area contributed by atoms with Crippen LogP contribution >= 0.6 is 24.4 Å². The molecule has 0 amide bonds. The van der Waals surface area contributed by atoms with Crippen molar-refractivity contribution in [3.05, 3.63) is 70.8 Å². The molecule has 134 valence electrons. The summed E-state index contributed by atoms with van der Waals surface area (Å²) in [6, 6.07) is 13.5. The molecule has 1 aliphatic rings. The number of esters is 1. The maximum atomic E-state index is 12.1. The molecule has 0 bridgehead atoms. The van der Waals surface area contributed by atoms with E-state index < -0.39 is 11.9 Å². The zero-order valence-electron chi connectivity index (χ0n) is 13.7. The monoisotopic (exact) mass is 388 g/mol. The first-order valence-corrected chi connectivity index (χ1v) is 8.98. The molecule has 0 aromatic heterocycles. The van der Waals surface area contributed by atoms with E-state index in [4.69, 9.17) is 22.1 Å². The summed E-state index contributed by atoms with van der Waals surface area (Å²) in [5.41, 5.74) is 2.47. The lowest BCUT2D eigenvalue weighted by atomic mass is 10.1. The van der Waals surface area contributed by atoms with Crippen LogP contribution in [0.5, 0.6) is 0 Å². The second-order valence-corrected chi connectivity index (χ2v) is 7.09. The van der Waals surface area contributed by atoms with Gasteiger partial charge in [-0.05, 0) is 35.4 Å². The van der Waals surface area contributed by atoms with Gasteiger partial charge in [-0.1, -0.05) is 36.5 Å². The minimum Gasteiger partial charge on any atom is -0.478 e. The molecule has 26 heavy (non-hydrogen) atoms. The molecule has 0 aliphatic carbocycles. The van der Waals surface area contributed by atoms with Crippen LogP contribution in [-0.4, -0.2) is 32.9 Å². The molecule has 0 atom stereocenters. The number of rotatable bonds is 6. The van der Waals surface area contributed by atoms with Gasteiger partial charge in [0.15, 0.2) is 0 Å². The summed E-state index contributed by atoms with van der Waals surface area (Å²) in [6.45, 7) is 1.53. The van der Waals surface area contributed by atoms with Crippen LogP contribution in [-0.2, 0) is 17.9 Å². The Labute approximate surface area is 160 Å². The number of benzene rings is 2. The average Bonchev–Trinajstić information content (AvgIpc) is 3.05. The molecule has 0 saturated carbocycles. The zero-order chi connectivity index (χ0) is 18.5. The number of nitrogens with zero attached hydrogens (tertiary/aromatic N) is 1. The number of hydrogen-bond acceptors (Lipinski definition) is 6. The SMILES string of the molecule is O=C(O)c1ccc(COC(=O)c2ccc(CN3CC(=S)NS3)cc2)cc1. The summed E-state index contributed by atoms with van der Waals surface area (Å²) in [5, 5.41) is 8.87.